The van der Waals surface area contributed by atoms with Crippen LogP contribution in [-0.2, 0) is 9.53 Å². The summed E-state index contributed by atoms with van der Waals surface area (Å²) in [5.41, 5.74) is 0. The van der Waals surface area contributed by atoms with Crippen LogP contribution in [0.2, 0.25) is 0 Å². The molecule has 4 nitrogen and oxygen atoms in total. The Morgan fingerprint density at radius 1 is 1.00 bits per heavy atom. The SMILES string of the molecule is CCCCCCCCCCCCCOC(=O)CCNCC1CCCN(C)C1. The fourth-order valence-electron chi connectivity index (χ4n) is 3.96. The van der Waals surface area contributed by atoms with E-state index >= 15 is 0 Å². The molecule has 0 aromatic rings. The Balaban J connectivity index is 1.78. The highest BCUT2D eigenvalue weighted by Crippen LogP contribution is 2.14. The number of likely N-dealkylation sites (tertiary alicyclic amines) is 1. The van der Waals surface area contributed by atoms with E-state index in [1.165, 1.54) is 90.1 Å². The van der Waals surface area contributed by atoms with E-state index in [1.807, 2.05) is 0 Å². The molecule has 0 saturated carbocycles. The molecule has 0 amide bonds. The molecule has 1 N–H and O–H groups in total. The van der Waals surface area contributed by atoms with Gasteiger partial charge in [0.1, 0.15) is 0 Å². The van der Waals surface area contributed by atoms with Crippen molar-refractivity contribution in [3.8, 4) is 0 Å². The third-order valence-corrected chi connectivity index (χ3v) is 5.67. The molecule has 0 aliphatic carbocycles. The number of hydrogen-bond acceptors (Lipinski definition) is 4. The van der Waals surface area contributed by atoms with Crippen molar-refractivity contribution in [3.63, 3.8) is 0 Å². The maximum absolute atomic E-state index is 11.8. The number of unbranched alkanes of at least 4 members (excludes halogenated alkanes) is 10. The fourth-order valence-corrected chi connectivity index (χ4v) is 3.96. The summed E-state index contributed by atoms with van der Waals surface area (Å²) in [4.78, 5) is 14.2. The topological polar surface area (TPSA) is 41.6 Å². The summed E-state index contributed by atoms with van der Waals surface area (Å²) in [5.74, 6) is 0.687. The van der Waals surface area contributed by atoms with Crippen LogP contribution in [-0.4, -0.2) is 50.7 Å². The van der Waals surface area contributed by atoms with Gasteiger partial charge in [-0.15, -0.1) is 0 Å². The minimum absolute atomic E-state index is 0.0460. The van der Waals surface area contributed by atoms with Crippen LogP contribution in [0, 0.1) is 5.92 Å². The van der Waals surface area contributed by atoms with Crippen molar-refractivity contribution in [2.75, 3.05) is 39.8 Å². The number of hydrogen-bond donors (Lipinski definition) is 1. The van der Waals surface area contributed by atoms with Crippen molar-refractivity contribution < 1.29 is 9.53 Å². The van der Waals surface area contributed by atoms with Crippen LogP contribution >= 0.6 is 0 Å². The van der Waals surface area contributed by atoms with Gasteiger partial charge in [0, 0.05) is 13.1 Å². The average molecular weight is 383 g/mol. The fraction of sp³-hybridized carbons (Fsp3) is 0.957. The number of rotatable bonds is 17. The van der Waals surface area contributed by atoms with Crippen molar-refractivity contribution in [1.82, 2.24) is 10.2 Å². The number of carbonyl (C=O) groups is 1. The number of nitrogens with zero attached hydrogens (tertiary/aromatic N) is 1. The van der Waals surface area contributed by atoms with Crippen LogP contribution in [0.5, 0.6) is 0 Å². The second kappa shape index (κ2) is 17.5. The van der Waals surface area contributed by atoms with Crippen LogP contribution in [0.15, 0.2) is 0 Å². The van der Waals surface area contributed by atoms with E-state index in [-0.39, 0.29) is 5.97 Å². The molecule has 0 aromatic heterocycles. The number of piperidine rings is 1. The summed E-state index contributed by atoms with van der Waals surface area (Å²) >= 11 is 0. The summed E-state index contributed by atoms with van der Waals surface area (Å²) in [6, 6.07) is 0. The molecular formula is C23H46N2O2. The number of nitrogens with one attached hydrogen (secondary N) is 1. The smallest absolute Gasteiger partial charge is 0.307 e. The molecule has 1 aliphatic heterocycles. The minimum Gasteiger partial charge on any atom is -0.466 e. The predicted molar refractivity (Wildman–Crippen MR) is 115 cm³/mol. The zero-order valence-corrected chi connectivity index (χ0v) is 18.3. The van der Waals surface area contributed by atoms with Crippen molar-refractivity contribution >= 4 is 5.97 Å². The number of ether oxygens (including phenoxy) is 1. The van der Waals surface area contributed by atoms with E-state index in [0.717, 1.165) is 25.4 Å². The van der Waals surface area contributed by atoms with E-state index in [0.29, 0.717) is 13.0 Å². The van der Waals surface area contributed by atoms with E-state index in [4.69, 9.17) is 4.74 Å². The molecule has 1 aliphatic rings. The molecule has 1 atom stereocenters. The van der Waals surface area contributed by atoms with Gasteiger partial charge in [0.15, 0.2) is 0 Å². The summed E-state index contributed by atoms with van der Waals surface area (Å²) in [5, 5.41) is 3.43. The predicted octanol–water partition coefficient (Wildman–Crippen LogP) is 5.16. The quantitative estimate of drug-likeness (QED) is 0.279. The first-order valence-electron chi connectivity index (χ1n) is 11.8. The van der Waals surface area contributed by atoms with E-state index in [9.17, 15) is 4.79 Å². The molecule has 0 radical (unpaired) electrons. The van der Waals surface area contributed by atoms with Gasteiger partial charge >= 0.3 is 5.97 Å². The molecule has 160 valence electrons. The third-order valence-electron chi connectivity index (χ3n) is 5.67. The Labute approximate surface area is 168 Å². The first-order valence-corrected chi connectivity index (χ1v) is 11.8. The monoisotopic (exact) mass is 382 g/mol. The molecule has 1 fully saturated rings. The van der Waals surface area contributed by atoms with Crippen LogP contribution in [0.25, 0.3) is 0 Å². The van der Waals surface area contributed by atoms with Gasteiger partial charge in [0.05, 0.1) is 13.0 Å². The molecule has 27 heavy (non-hydrogen) atoms. The van der Waals surface area contributed by atoms with Crippen molar-refractivity contribution in [2.24, 2.45) is 5.92 Å². The normalized spacial score (nSPS) is 17.9. The van der Waals surface area contributed by atoms with E-state index in [1.54, 1.807) is 0 Å². The molecular weight excluding hydrogens is 336 g/mol. The largest absolute Gasteiger partial charge is 0.466 e. The summed E-state index contributed by atoms with van der Waals surface area (Å²) in [6.45, 7) is 7.04. The van der Waals surface area contributed by atoms with Gasteiger partial charge in [-0.25, -0.2) is 0 Å². The highest BCUT2D eigenvalue weighted by atomic mass is 16.5. The first kappa shape index (κ1) is 24.4. The average Bonchev–Trinajstić information content (AvgIpc) is 2.66. The second-order valence-electron chi connectivity index (χ2n) is 8.48. The van der Waals surface area contributed by atoms with Gasteiger partial charge in [-0.1, -0.05) is 71.1 Å². The van der Waals surface area contributed by atoms with Gasteiger partial charge in [0.25, 0.3) is 0 Å². The minimum atomic E-state index is -0.0460. The third kappa shape index (κ3) is 15.0. The molecule has 1 unspecified atom stereocenters. The molecule has 1 heterocycles. The van der Waals surface area contributed by atoms with E-state index < -0.39 is 0 Å². The molecule has 1 rings (SSSR count). The van der Waals surface area contributed by atoms with Crippen LogP contribution in [0.1, 0.15) is 96.8 Å². The lowest BCUT2D eigenvalue weighted by molar-refractivity contribution is -0.143. The van der Waals surface area contributed by atoms with Gasteiger partial charge in [-0.2, -0.15) is 0 Å². The maximum Gasteiger partial charge on any atom is 0.307 e. The summed E-state index contributed by atoms with van der Waals surface area (Å²) in [7, 11) is 2.19. The highest BCUT2D eigenvalue weighted by Gasteiger charge is 2.16. The number of carbonyl (C=O) groups excluding carboxylic acids is 1. The lowest BCUT2D eigenvalue weighted by atomic mass is 9.98. The van der Waals surface area contributed by atoms with Gasteiger partial charge in [-0.05, 0) is 45.3 Å². The van der Waals surface area contributed by atoms with Gasteiger partial charge in [0.2, 0.25) is 0 Å². The number of esters is 1. The molecule has 0 aromatic carbocycles. The maximum atomic E-state index is 11.8. The zero-order valence-electron chi connectivity index (χ0n) is 18.3. The first-order chi connectivity index (χ1) is 13.2. The van der Waals surface area contributed by atoms with Crippen molar-refractivity contribution in [3.05, 3.63) is 0 Å². The highest BCUT2D eigenvalue weighted by molar-refractivity contribution is 5.69. The second-order valence-corrected chi connectivity index (χ2v) is 8.48. The lowest BCUT2D eigenvalue weighted by Gasteiger charge is -2.29. The Morgan fingerprint density at radius 2 is 1.63 bits per heavy atom. The Bertz CT molecular complexity index is 349. The van der Waals surface area contributed by atoms with Crippen molar-refractivity contribution in [1.29, 1.82) is 0 Å². The summed E-state index contributed by atoms with van der Waals surface area (Å²) < 4.78 is 5.35. The molecule has 0 spiro atoms. The Morgan fingerprint density at radius 3 is 2.26 bits per heavy atom. The van der Waals surface area contributed by atoms with Crippen LogP contribution < -0.4 is 5.32 Å². The Kier molecular flexibility index (Phi) is 15.8. The van der Waals surface area contributed by atoms with Crippen LogP contribution in [0.4, 0.5) is 0 Å². The lowest BCUT2D eigenvalue weighted by Crippen LogP contribution is -2.37. The zero-order chi connectivity index (χ0) is 19.6. The van der Waals surface area contributed by atoms with Gasteiger partial charge in [-0.3, -0.25) is 4.79 Å². The summed E-state index contributed by atoms with van der Waals surface area (Å²) in [6.07, 6.45) is 17.6. The van der Waals surface area contributed by atoms with Crippen LogP contribution in [0.3, 0.4) is 0 Å². The van der Waals surface area contributed by atoms with E-state index in [2.05, 4.69) is 24.2 Å². The van der Waals surface area contributed by atoms with Crippen molar-refractivity contribution in [2.45, 2.75) is 96.8 Å². The standard InChI is InChI=1S/C23H46N2O2/c1-3-4-5-6-7-8-9-10-11-12-13-19-27-23(26)16-17-24-20-22-15-14-18-25(2)21-22/h22,24H,3-21H2,1-2H3. The molecule has 1 saturated heterocycles. The Hall–Kier alpha value is -0.610. The molecule has 4 heteroatoms. The van der Waals surface area contributed by atoms with Gasteiger partial charge < -0.3 is 15.0 Å². The molecule has 0 bridgehead atoms.